The third-order valence-corrected chi connectivity index (χ3v) is 6.00. The second kappa shape index (κ2) is 10.2. The van der Waals surface area contributed by atoms with Gasteiger partial charge in [-0.05, 0) is 48.0 Å². The van der Waals surface area contributed by atoms with Crippen LogP contribution in [-0.4, -0.2) is 26.4 Å². The van der Waals surface area contributed by atoms with Crippen LogP contribution in [0.3, 0.4) is 0 Å². The number of anilines is 1. The molecule has 0 saturated carbocycles. The highest BCUT2D eigenvalue weighted by Gasteiger charge is 2.17. The van der Waals surface area contributed by atoms with Crippen LogP contribution in [0.5, 0.6) is 0 Å². The van der Waals surface area contributed by atoms with Crippen molar-refractivity contribution in [1.82, 2.24) is 14.8 Å². The van der Waals surface area contributed by atoms with E-state index in [-0.39, 0.29) is 17.5 Å². The van der Waals surface area contributed by atoms with E-state index in [1.807, 2.05) is 34.9 Å². The van der Waals surface area contributed by atoms with Crippen molar-refractivity contribution in [2.45, 2.75) is 11.6 Å². The fourth-order valence-corrected chi connectivity index (χ4v) is 4.27. The van der Waals surface area contributed by atoms with E-state index in [1.165, 1.54) is 23.9 Å². The lowest BCUT2D eigenvalue weighted by molar-refractivity contribution is -0.113. The molecule has 5 nitrogen and oxygen atoms in total. The molecule has 9 heteroatoms. The van der Waals surface area contributed by atoms with Crippen LogP contribution in [-0.2, 0) is 11.2 Å². The number of carbonyl (C=O) groups excluding carboxylic acids is 1. The summed E-state index contributed by atoms with van der Waals surface area (Å²) in [6.45, 7) is 0. The molecule has 1 amide bonds. The highest BCUT2D eigenvalue weighted by molar-refractivity contribution is 7.99. The Morgan fingerprint density at radius 2 is 1.75 bits per heavy atom. The van der Waals surface area contributed by atoms with Crippen molar-refractivity contribution in [2.75, 3.05) is 11.1 Å². The lowest BCUT2D eigenvalue weighted by atomic mass is 10.1. The van der Waals surface area contributed by atoms with E-state index in [2.05, 4.69) is 15.5 Å². The van der Waals surface area contributed by atoms with Gasteiger partial charge in [0.2, 0.25) is 5.91 Å². The number of hydrogen-bond donors (Lipinski definition) is 1. The highest BCUT2D eigenvalue weighted by Crippen LogP contribution is 2.27. The standard InChI is InChI=1S/C23H17Cl2FN4OS/c24-16-6-11-20(19(25)13-16)27-22(31)14-32-23-29-28-21(12-15-4-2-1-3-5-15)30(23)18-9-7-17(26)8-10-18/h1-11,13H,12,14H2,(H,27,31). The molecule has 32 heavy (non-hydrogen) atoms. The lowest BCUT2D eigenvalue weighted by Crippen LogP contribution is -2.15. The minimum atomic E-state index is -0.333. The average molecular weight is 487 g/mol. The summed E-state index contributed by atoms with van der Waals surface area (Å²) >= 11 is 13.3. The number of aromatic nitrogens is 3. The molecule has 0 atom stereocenters. The first-order chi connectivity index (χ1) is 15.5. The summed E-state index contributed by atoms with van der Waals surface area (Å²) in [7, 11) is 0. The Balaban J connectivity index is 1.55. The van der Waals surface area contributed by atoms with Crippen LogP contribution in [0.2, 0.25) is 10.0 Å². The minimum Gasteiger partial charge on any atom is -0.324 e. The van der Waals surface area contributed by atoms with Gasteiger partial charge in [-0.1, -0.05) is 65.3 Å². The van der Waals surface area contributed by atoms with Gasteiger partial charge in [0.05, 0.1) is 16.5 Å². The zero-order valence-corrected chi connectivity index (χ0v) is 19.0. The van der Waals surface area contributed by atoms with E-state index in [1.54, 1.807) is 30.3 Å². The van der Waals surface area contributed by atoms with Gasteiger partial charge in [0.25, 0.3) is 0 Å². The van der Waals surface area contributed by atoms with Crippen LogP contribution in [0.1, 0.15) is 11.4 Å². The maximum atomic E-state index is 13.5. The number of nitrogens with zero attached hydrogens (tertiary/aromatic N) is 3. The first kappa shape index (κ1) is 22.3. The van der Waals surface area contributed by atoms with E-state index in [4.69, 9.17) is 23.2 Å². The summed E-state index contributed by atoms with van der Waals surface area (Å²) in [6, 6.07) is 20.8. The van der Waals surface area contributed by atoms with Gasteiger partial charge in [0.15, 0.2) is 5.16 Å². The zero-order valence-electron chi connectivity index (χ0n) is 16.6. The molecule has 0 saturated heterocycles. The molecular formula is C23H17Cl2FN4OS. The summed E-state index contributed by atoms with van der Waals surface area (Å²) in [4.78, 5) is 12.5. The molecule has 0 unspecified atom stereocenters. The molecule has 3 aromatic carbocycles. The van der Waals surface area contributed by atoms with E-state index >= 15 is 0 Å². The monoisotopic (exact) mass is 486 g/mol. The van der Waals surface area contributed by atoms with Gasteiger partial charge >= 0.3 is 0 Å². The molecule has 0 bridgehead atoms. The van der Waals surface area contributed by atoms with Crippen LogP contribution < -0.4 is 5.32 Å². The van der Waals surface area contributed by atoms with Gasteiger partial charge in [-0.3, -0.25) is 9.36 Å². The first-order valence-electron chi connectivity index (χ1n) is 9.61. The Bertz CT molecular complexity index is 1230. The predicted molar refractivity (Wildman–Crippen MR) is 126 cm³/mol. The molecule has 4 rings (SSSR count). The topological polar surface area (TPSA) is 59.8 Å². The molecule has 0 aliphatic carbocycles. The van der Waals surface area contributed by atoms with Crippen molar-refractivity contribution in [3.63, 3.8) is 0 Å². The Morgan fingerprint density at radius 3 is 2.47 bits per heavy atom. The third-order valence-electron chi connectivity index (χ3n) is 4.53. The van der Waals surface area contributed by atoms with E-state index in [0.717, 1.165) is 5.56 Å². The van der Waals surface area contributed by atoms with Crippen LogP contribution >= 0.6 is 35.0 Å². The lowest BCUT2D eigenvalue weighted by Gasteiger charge is -2.11. The molecule has 1 aromatic heterocycles. The maximum absolute atomic E-state index is 13.5. The third kappa shape index (κ3) is 5.48. The number of nitrogens with one attached hydrogen (secondary N) is 1. The number of benzene rings is 3. The highest BCUT2D eigenvalue weighted by atomic mass is 35.5. The largest absolute Gasteiger partial charge is 0.324 e. The number of hydrogen-bond acceptors (Lipinski definition) is 4. The van der Waals surface area contributed by atoms with Crippen molar-refractivity contribution in [3.05, 3.63) is 100 Å². The Labute approximate surface area is 198 Å². The van der Waals surface area contributed by atoms with Crippen molar-refractivity contribution in [2.24, 2.45) is 0 Å². The average Bonchev–Trinajstić information content (AvgIpc) is 3.18. The van der Waals surface area contributed by atoms with E-state index in [0.29, 0.717) is 38.8 Å². The van der Waals surface area contributed by atoms with Crippen LogP contribution in [0.15, 0.2) is 78.0 Å². The van der Waals surface area contributed by atoms with Gasteiger partial charge in [0.1, 0.15) is 11.6 Å². The normalized spacial score (nSPS) is 10.8. The van der Waals surface area contributed by atoms with Crippen molar-refractivity contribution in [1.29, 1.82) is 0 Å². The molecular weight excluding hydrogens is 470 g/mol. The fourth-order valence-electron chi connectivity index (χ4n) is 3.04. The van der Waals surface area contributed by atoms with Gasteiger partial charge in [-0.25, -0.2) is 4.39 Å². The quantitative estimate of drug-likeness (QED) is 0.323. The Hall–Kier alpha value is -2.87. The van der Waals surface area contributed by atoms with E-state index in [9.17, 15) is 9.18 Å². The van der Waals surface area contributed by atoms with E-state index < -0.39 is 0 Å². The SMILES string of the molecule is O=C(CSc1nnc(Cc2ccccc2)n1-c1ccc(F)cc1)Nc1ccc(Cl)cc1Cl. The summed E-state index contributed by atoms with van der Waals surface area (Å²) in [5.74, 6) is 0.188. The molecule has 1 N–H and O–H groups in total. The smallest absolute Gasteiger partial charge is 0.234 e. The molecule has 0 aliphatic rings. The number of amides is 1. The molecule has 0 fully saturated rings. The van der Waals surface area contributed by atoms with Crippen LogP contribution in [0, 0.1) is 5.82 Å². The number of rotatable bonds is 7. The second-order valence-electron chi connectivity index (χ2n) is 6.83. The summed E-state index contributed by atoms with van der Waals surface area (Å²) in [5, 5.41) is 12.7. The Kier molecular flexibility index (Phi) is 7.09. The first-order valence-corrected chi connectivity index (χ1v) is 11.4. The van der Waals surface area contributed by atoms with Crippen molar-refractivity contribution < 1.29 is 9.18 Å². The number of carbonyl (C=O) groups is 1. The number of halogens is 3. The summed E-state index contributed by atoms with van der Waals surface area (Å²) in [5.41, 5.74) is 2.26. The van der Waals surface area contributed by atoms with Crippen molar-refractivity contribution >= 4 is 46.6 Å². The van der Waals surface area contributed by atoms with Gasteiger partial charge < -0.3 is 5.32 Å². The fraction of sp³-hybridized carbons (Fsp3) is 0.0870. The molecule has 0 radical (unpaired) electrons. The Morgan fingerprint density at radius 1 is 1.00 bits per heavy atom. The molecule has 162 valence electrons. The van der Waals surface area contributed by atoms with Crippen molar-refractivity contribution in [3.8, 4) is 5.69 Å². The zero-order chi connectivity index (χ0) is 22.5. The van der Waals surface area contributed by atoms with Gasteiger partial charge in [0, 0.05) is 17.1 Å². The molecule has 1 heterocycles. The minimum absolute atomic E-state index is 0.0869. The van der Waals surface area contributed by atoms with Crippen LogP contribution in [0.25, 0.3) is 5.69 Å². The van der Waals surface area contributed by atoms with Gasteiger partial charge in [-0.15, -0.1) is 10.2 Å². The molecule has 4 aromatic rings. The number of thioether (sulfide) groups is 1. The maximum Gasteiger partial charge on any atom is 0.234 e. The molecule has 0 spiro atoms. The molecule has 0 aliphatic heterocycles. The summed E-state index contributed by atoms with van der Waals surface area (Å²) in [6.07, 6.45) is 0.540. The van der Waals surface area contributed by atoms with Crippen LogP contribution in [0.4, 0.5) is 10.1 Å². The predicted octanol–water partition coefficient (Wildman–Crippen LogP) is 6.03. The summed E-state index contributed by atoms with van der Waals surface area (Å²) < 4.78 is 15.3. The van der Waals surface area contributed by atoms with Gasteiger partial charge in [-0.2, -0.15) is 0 Å². The second-order valence-corrected chi connectivity index (χ2v) is 8.62.